The first-order chi connectivity index (χ1) is 15.1. The van der Waals surface area contributed by atoms with Gasteiger partial charge in [-0.1, -0.05) is 19.8 Å². The normalized spacial score (nSPS) is 17.4. The zero-order valence-electron chi connectivity index (χ0n) is 18.2. The summed E-state index contributed by atoms with van der Waals surface area (Å²) in [5.74, 6) is -0.0403. The van der Waals surface area contributed by atoms with E-state index in [9.17, 15) is 22.4 Å². The smallest absolute Gasteiger partial charge is 0.267 e. The molecule has 2 unspecified atom stereocenters. The van der Waals surface area contributed by atoms with Gasteiger partial charge in [0.05, 0.1) is 18.8 Å². The molecule has 0 aliphatic carbocycles. The molecule has 0 aromatic heterocycles. The second kappa shape index (κ2) is 11.9. The third-order valence-corrected chi connectivity index (χ3v) is 6.16. The summed E-state index contributed by atoms with van der Waals surface area (Å²) in [4.78, 5) is 23.5. The summed E-state index contributed by atoms with van der Waals surface area (Å²) in [6.45, 7) is 4.17. The molecule has 1 aliphatic heterocycles. The monoisotopic (exact) mass is 468 g/mol. The fraction of sp³-hybridized carbons (Fsp3) is 0.545. The zero-order chi connectivity index (χ0) is 23.7. The molecule has 2 atom stereocenters. The highest BCUT2D eigenvalue weighted by molar-refractivity contribution is 7.90. The van der Waals surface area contributed by atoms with Crippen LogP contribution in [0.15, 0.2) is 23.1 Å². The van der Waals surface area contributed by atoms with Crippen LogP contribution < -0.4 is 10.0 Å². The maximum atomic E-state index is 14.5. The molecule has 10 heteroatoms. The summed E-state index contributed by atoms with van der Waals surface area (Å²) in [6.07, 6.45) is 8.61. The van der Waals surface area contributed by atoms with Crippen molar-refractivity contribution in [1.29, 1.82) is 0 Å². The van der Waals surface area contributed by atoms with Crippen molar-refractivity contribution < 1.29 is 31.9 Å². The number of ether oxygens (including phenoxy) is 2. The van der Waals surface area contributed by atoms with Gasteiger partial charge in [0.25, 0.3) is 21.8 Å². The molecule has 1 aromatic rings. The Balaban J connectivity index is 1.95. The van der Waals surface area contributed by atoms with Gasteiger partial charge in [-0.2, -0.15) is 0 Å². The number of hydrogen-bond donors (Lipinski definition) is 2. The van der Waals surface area contributed by atoms with Crippen LogP contribution in [0.5, 0.6) is 0 Å². The average molecular weight is 469 g/mol. The van der Waals surface area contributed by atoms with E-state index >= 15 is 0 Å². The van der Waals surface area contributed by atoms with Crippen LogP contribution in [0.3, 0.4) is 0 Å². The molecule has 1 fully saturated rings. The predicted molar refractivity (Wildman–Crippen MR) is 116 cm³/mol. The molecule has 176 valence electrons. The number of amides is 2. The number of hydrogen-bond acceptors (Lipinski definition) is 6. The zero-order valence-corrected chi connectivity index (χ0v) is 19.0. The molecule has 1 saturated heterocycles. The molecular weight excluding hydrogens is 439 g/mol. The minimum absolute atomic E-state index is 0.0902. The van der Waals surface area contributed by atoms with Gasteiger partial charge in [0.15, 0.2) is 0 Å². The molecular formula is C22H29FN2O6S. The largest absolute Gasteiger partial charge is 0.376 e. The second-order valence-corrected chi connectivity index (χ2v) is 9.65. The van der Waals surface area contributed by atoms with Crippen LogP contribution in [0.25, 0.3) is 0 Å². The average Bonchev–Trinajstić information content (AvgIpc) is 2.73. The van der Waals surface area contributed by atoms with E-state index in [0.29, 0.717) is 13.0 Å². The molecule has 0 radical (unpaired) electrons. The lowest BCUT2D eigenvalue weighted by Crippen LogP contribution is -2.36. The van der Waals surface area contributed by atoms with Crippen molar-refractivity contribution in [3.8, 4) is 12.3 Å². The van der Waals surface area contributed by atoms with E-state index in [1.165, 1.54) is 0 Å². The minimum Gasteiger partial charge on any atom is -0.376 e. The lowest BCUT2D eigenvalue weighted by atomic mass is 10.0. The van der Waals surface area contributed by atoms with Gasteiger partial charge in [0, 0.05) is 12.2 Å². The fourth-order valence-corrected chi connectivity index (χ4v) is 4.23. The SMILES string of the molecule is C#CC(CC(C)C)NC(=O)c1ccc(S(=O)(=O)NC(=O)COCC2CCCCO2)c(F)c1. The molecule has 1 heterocycles. The van der Waals surface area contributed by atoms with Crippen LogP contribution in [0, 0.1) is 24.1 Å². The Morgan fingerprint density at radius 1 is 1.34 bits per heavy atom. The van der Waals surface area contributed by atoms with Crippen LogP contribution in [-0.4, -0.2) is 52.2 Å². The predicted octanol–water partition coefficient (Wildman–Crippen LogP) is 1.99. The van der Waals surface area contributed by atoms with Crippen molar-refractivity contribution in [2.24, 2.45) is 5.92 Å². The number of sulfonamides is 1. The second-order valence-electron chi connectivity index (χ2n) is 8.00. The lowest BCUT2D eigenvalue weighted by Gasteiger charge is -2.22. The number of halogens is 1. The summed E-state index contributed by atoms with van der Waals surface area (Å²) in [7, 11) is -4.48. The van der Waals surface area contributed by atoms with E-state index in [1.807, 2.05) is 13.8 Å². The molecule has 1 aliphatic rings. The molecule has 0 bridgehead atoms. The van der Waals surface area contributed by atoms with Crippen molar-refractivity contribution in [3.05, 3.63) is 29.6 Å². The molecule has 0 spiro atoms. The first-order valence-electron chi connectivity index (χ1n) is 10.4. The highest BCUT2D eigenvalue weighted by atomic mass is 32.2. The number of nitrogens with one attached hydrogen (secondary N) is 2. The summed E-state index contributed by atoms with van der Waals surface area (Å²) in [5.41, 5.74) is -0.0902. The van der Waals surface area contributed by atoms with Crippen molar-refractivity contribution >= 4 is 21.8 Å². The van der Waals surface area contributed by atoms with Crippen LogP contribution in [0.2, 0.25) is 0 Å². The van der Waals surface area contributed by atoms with Gasteiger partial charge in [-0.15, -0.1) is 6.42 Å². The Bertz CT molecular complexity index is 952. The molecule has 2 rings (SSSR count). The Morgan fingerprint density at radius 3 is 2.69 bits per heavy atom. The van der Waals surface area contributed by atoms with Gasteiger partial charge < -0.3 is 14.8 Å². The standard InChI is InChI=1S/C22H29FN2O6S/c1-4-17(11-15(2)3)24-22(27)16-8-9-20(19(23)12-16)32(28,29)25-21(26)14-30-13-18-7-5-6-10-31-18/h1,8-9,12,15,17-18H,5-7,10-11,13-14H2,2-3H3,(H,24,27)(H,25,26). The summed E-state index contributed by atoms with van der Waals surface area (Å²) >= 11 is 0. The van der Waals surface area contributed by atoms with E-state index < -0.39 is 45.2 Å². The van der Waals surface area contributed by atoms with Crippen LogP contribution in [0.4, 0.5) is 4.39 Å². The van der Waals surface area contributed by atoms with E-state index in [-0.39, 0.29) is 24.2 Å². The minimum atomic E-state index is -4.48. The van der Waals surface area contributed by atoms with Crippen molar-refractivity contribution in [2.45, 2.75) is 56.6 Å². The van der Waals surface area contributed by atoms with E-state index in [2.05, 4.69) is 11.2 Å². The summed E-state index contributed by atoms with van der Waals surface area (Å²) in [5, 5.41) is 2.59. The number of carbonyl (C=O) groups is 2. The highest BCUT2D eigenvalue weighted by Crippen LogP contribution is 2.17. The molecule has 8 nitrogen and oxygen atoms in total. The van der Waals surface area contributed by atoms with E-state index in [1.54, 1.807) is 4.72 Å². The first-order valence-corrected chi connectivity index (χ1v) is 11.9. The van der Waals surface area contributed by atoms with Gasteiger partial charge in [0.1, 0.15) is 17.3 Å². The Morgan fingerprint density at radius 2 is 2.09 bits per heavy atom. The van der Waals surface area contributed by atoms with Crippen LogP contribution in [0.1, 0.15) is 49.9 Å². The van der Waals surface area contributed by atoms with Crippen LogP contribution in [-0.2, 0) is 24.3 Å². The van der Waals surface area contributed by atoms with Crippen molar-refractivity contribution in [3.63, 3.8) is 0 Å². The van der Waals surface area contributed by atoms with Crippen molar-refractivity contribution in [1.82, 2.24) is 10.0 Å². The fourth-order valence-electron chi connectivity index (χ4n) is 3.20. The summed E-state index contributed by atoms with van der Waals surface area (Å²) in [6, 6.07) is 2.32. The highest BCUT2D eigenvalue weighted by Gasteiger charge is 2.24. The third-order valence-electron chi connectivity index (χ3n) is 4.76. The summed E-state index contributed by atoms with van der Waals surface area (Å²) < 4.78 is 51.7. The van der Waals surface area contributed by atoms with Gasteiger partial charge in [-0.3, -0.25) is 9.59 Å². The number of benzene rings is 1. The Labute approximate surface area is 188 Å². The quantitative estimate of drug-likeness (QED) is 0.508. The van der Waals surface area contributed by atoms with Gasteiger partial charge in [0.2, 0.25) is 0 Å². The third kappa shape index (κ3) is 7.89. The van der Waals surface area contributed by atoms with Gasteiger partial charge in [-0.25, -0.2) is 17.5 Å². The molecule has 0 saturated carbocycles. The lowest BCUT2D eigenvalue weighted by molar-refractivity contribution is -0.126. The first kappa shape index (κ1) is 25.8. The topological polar surface area (TPSA) is 111 Å². The van der Waals surface area contributed by atoms with E-state index in [4.69, 9.17) is 15.9 Å². The molecule has 32 heavy (non-hydrogen) atoms. The molecule has 1 aromatic carbocycles. The van der Waals surface area contributed by atoms with Gasteiger partial charge in [-0.05, 0) is 49.8 Å². The Hall–Kier alpha value is -2.48. The maximum Gasteiger partial charge on any atom is 0.267 e. The van der Waals surface area contributed by atoms with Crippen molar-refractivity contribution in [2.75, 3.05) is 19.8 Å². The number of carbonyl (C=O) groups excluding carboxylic acids is 2. The van der Waals surface area contributed by atoms with E-state index in [0.717, 1.165) is 37.5 Å². The Kier molecular flexibility index (Phi) is 9.62. The van der Waals surface area contributed by atoms with Crippen LogP contribution >= 0.6 is 0 Å². The molecule has 2 N–H and O–H groups in total. The number of terminal acetylenes is 1. The number of rotatable bonds is 10. The van der Waals surface area contributed by atoms with Gasteiger partial charge >= 0.3 is 0 Å². The maximum absolute atomic E-state index is 14.5. The molecule has 2 amide bonds.